The minimum absolute atomic E-state index is 0.0422. The van der Waals surface area contributed by atoms with E-state index in [2.05, 4.69) is 15.0 Å². The lowest BCUT2D eigenvalue weighted by atomic mass is 9.75. The normalized spacial score (nSPS) is 13.0. The molecule has 0 fully saturated rings. The van der Waals surface area contributed by atoms with Gasteiger partial charge in [0.05, 0.1) is 12.9 Å². The lowest BCUT2D eigenvalue weighted by molar-refractivity contribution is -0.119. The largest absolute Gasteiger partial charge is 0.490 e. The highest BCUT2D eigenvalue weighted by molar-refractivity contribution is 7.89. The molecule has 0 aliphatic heterocycles. The number of ether oxygens (including phenoxy) is 3. The van der Waals surface area contributed by atoms with E-state index in [1.807, 2.05) is 4.72 Å². The summed E-state index contributed by atoms with van der Waals surface area (Å²) in [5, 5.41) is 2.47. The van der Waals surface area contributed by atoms with E-state index in [9.17, 15) is 40.4 Å². The number of alkyl halides is 2. The maximum atomic E-state index is 14.3. The van der Waals surface area contributed by atoms with Gasteiger partial charge in [-0.25, -0.2) is 27.0 Å². The summed E-state index contributed by atoms with van der Waals surface area (Å²) in [6, 6.07) is 6.47. The summed E-state index contributed by atoms with van der Waals surface area (Å²) < 4.78 is 99.9. The number of nitrogens with two attached hydrogens (primary N) is 1. The van der Waals surface area contributed by atoms with Gasteiger partial charge in [0.25, 0.3) is 5.91 Å². The van der Waals surface area contributed by atoms with Gasteiger partial charge < -0.3 is 29.7 Å². The van der Waals surface area contributed by atoms with Gasteiger partial charge in [0.1, 0.15) is 11.6 Å². The quantitative estimate of drug-likeness (QED) is 0.140. The first kappa shape index (κ1) is 38.6. The van der Waals surface area contributed by atoms with Crippen molar-refractivity contribution >= 4 is 27.9 Å². The van der Waals surface area contributed by atoms with Gasteiger partial charge in [-0.2, -0.15) is 8.78 Å². The van der Waals surface area contributed by atoms with Gasteiger partial charge >= 0.3 is 12.7 Å². The Morgan fingerprint density at radius 3 is 2.31 bits per heavy atom. The Kier molecular flexibility index (Phi) is 12.3. The van der Waals surface area contributed by atoms with Crippen LogP contribution in [0.25, 0.3) is 11.5 Å². The van der Waals surface area contributed by atoms with Crippen LogP contribution in [0.1, 0.15) is 68.8 Å². The van der Waals surface area contributed by atoms with Crippen molar-refractivity contribution in [3.63, 3.8) is 0 Å². The molecule has 0 spiro atoms. The highest BCUT2D eigenvalue weighted by Gasteiger charge is 2.49. The van der Waals surface area contributed by atoms with Gasteiger partial charge in [-0.05, 0) is 44.0 Å². The number of primary amides is 1. The number of sulfonamides is 1. The molecule has 3 amide bonds. The third-order valence-corrected chi connectivity index (χ3v) is 7.83. The number of aromatic nitrogens is 1. The van der Waals surface area contributed by atoms with Crippen molar-refractivity contribution in [3.05, 3.63) is 65.1 Å². The zero-order valence-electron chi connectivity index (χ0n) is 27.2. The molecule has 18 heteroatoms. The number of hydrogen-bond acceptors (Lipinski definition) is 10. The fraction of sp³-hybridized carbons (Fsp3) is 0.419. The van der Waals surface area contributed by atoms with Crippen LogP contribution >= 0.6 is 0 Å². The standard InChI is InChI=1S/C31H36F4N4O9S/c1-30(2,3)31(4,48-29(36)42)25-24(26(41)37-16-18-9-11-19(32)15-20(18)33)38-27(47-25)17-10-12-21(46-28(34)35)22(14-17)45-13-7-6-8-23(40)39-49(5,43)44/h9-12,14-15,28H,6-8,13,16H2,1-5H3,(H2,36,42)(H,37,41)(H,39,40). The summed E-state index contributed by atoms with van der Waals surface area (Å²) in [5.41, 5.74) is 2.34. The Hall–Kier alpha value is -4.87. The van der Waals surface area contributed by atoms with Gasteiger partial charge in [0, 0.05) is 35.6 Å². The van der Waals surface area contributed by atoms with Crippen LogP contribution in [-0.2, 0) is 31.7 Å². The maximum Gasteiger partial charge on any atom is 0.405 e. The molecule has 0 saturated carbocycles. The fourth-order valence-electron chi connectivity index (χ4n) is 4.36. The van der Waals surface area contributed by atoms with E-state index in [-0.39, 0.29) is 72.4 Å². The first-order valence-electron chi connectivity index (χ1n) is 14.6. The molecule has 1 aromatic heterocycles. The molecule has 49 heavy (non-hydrogen) atoms. The Bertz CT molecular complexity index is 1800. The molecule has 13 nitrogen and oxygen atoms in total. The number of rotatable bonds is 15. The number of amides is 3. The van der Waals surface area contributed by atoms with Gasteiger partial charge in [0.2, 0.25) is 21.8 Å². The van der Waals surface area contributed by atoms with Crippen molar-refractivity contribution in [2.75, 3.05) is 12.9 Å². The Morgan fingerprint density at radius 2 is 1.71 bits per heavy atom. The number of halogens is 4. The minimum Gasteiger partial charge on any atom is -0.490 e. The van der Waals surface area contributed by atoms with Crippen molar-refractivity contribution in [1.82, 2.24) is 15.0 Å². The van der Waals surface area contributed by atoms with Gasteiger partial charge in [-0.3, -0.25) is 14.3 Å². The van der Waals surface area contributed by atoms with Gasteiger partial charge in [-0.1, -0.05) is 26.8 Å². The highest BCUT2D eigenvalue weighted by atomic mass is 32.2. The van der Waals surface area contributed by atoms with Crippen molar-refractivity contribution in [2.24, 2.45) is 11.1 Å². The van der Waals surface area contributed by atoms with E-state index < -0.39 is 57.2 Å². The lowest BCUT2D eigenvalue weighted by Gasteiger charge is -2.38. The summed E-state index contributed by atoms with van der Waals surface area (Å²) in [6.45, 7) is 2.73. The Morgan fingerprint density at radius 1 is 1.02 bits per heavy atom. The molecule has 3 aromatic rings. The monoisotopic (exact) mass is 716 g/mol. The molecule has 1 heterocycles. The number of nitrogens with one attached hydrogen (secondary N) is 2. The number of unbranched alkanes of at least 4 members (excludes halogenated alkanes) is 1. The number of carbonyl (C=O) groups excluding carboxylic acids is 3. The molecule has 0 bridgehead atoms. The number of oxazole rings is 1. The summed E-state index contributed by atoms with van der Waals surface area (Å²) in [6.07, 6.45) is -0.101. The Labute approximate surface area is 279 Å². The van der Waals surface area contributed by atoms with Crippen LogP contribution in [-0.4, -0.2) is 50.8 Å². The number of carbonyl (C=O) groups is 3. The molecule has 0 radical (unpaired) electrons. The third kappa shape index (κ3) is 10.6. The first-order valence-corrected chi connectivity index (χ1v) is 16.5. The van der Waals surface area contributed by atoms with Crippen molar-refractivity contribution < 1.29 is 59.0 Å². The number of hydrogen-bond donors (Lipinski definition) is 3. The maximum absolute atomic E-state index is 14.3. The molecule has 2 aromatic carbocycles. The minimum atomic E-state index is -3.72. The van der Waals surface area contributed by atoms with E-state index >= 15 is 0 Å². The van der Waals surface area contributed by atoms with Crippen LogP contribution < -0.4 is 25.2 Å². The zero-order valence-corrected chi connectivity index (χ0v) is 28.0. The lowest BCUT2D eigenvalue weighted by Crippen LogP contribution is -2.44. The molecule has 268 valence electrons. The average molecular weight is 717 g/mol. The molecule has 4 N–H and O–H groups in total. The van der Waals surface area contributed by atoms with E-state index in [1.54, 1.807) is 20.8 Å². The molecule has 0 aliphatic rings. The predicted molar refractivity (Wildman–Crippen MR) is 166 cm³/mol. The Balaban J connectivity index is 1.99. The van der Waals surface area contributed by atoms with Crippen LogP contribution in [0.3, 0.4) is 0 Å². The van der Waals surface area contributed by atoms with E-state index in [0.717, 1.165) is 24.5 Å². The zero-order chi connectivity index (χ0) is 36.7. The van der Waals surface area contributed by atoms with E-state index in [4.69, 9.17) is 19.6 Å². The van der Waals surface area contributed by atoms with Gasteiger partial charge in [-0.15, -0.1) is 0 Å². The first-order chi connectivity index (χ1) is 22.7. The molecule has 0 saturated heterocycles. The SMILES string of the molecule is CC(C)(C)C(C)(OC(N)=O)c1oc(-c2ccc(OC(F)F)c(OCCCCC(=O)NS(C)(=O)=O)c2)nc1C(=O)NCc1ccc(F)cc1F. The van der Waals surface area contributed by atoms with Crippen LogP contribution in [0.4, 0.5) is 22.4 Å². The molecular formula is C31H36F4N4O9S. The highest BCUT2D eigenvalue weighted by Crippen LogP contribution is 2.45. The number of benzene rings is 2. The van der Waals surface area contributed by atoms with Crippen LogP contribution in [0.2, 0.25) is 0 Å². The second kappa shape index (κ2) is 15.6. The average Bonchev–Trinajstić information content (AvgIpc) is 3.41. The van der Waals surface area contributed by atoms with Crippen LogP contribution in [0.15, 0.2) is 40.8 Å². The fourth-order valence-corrected chi connectivity index (χ4v) is 4.88. The summed E-state index contributed by atoms with van der Waals surface area (Å²) in [7, 11) is -3.72. The molecule has 3 rings (SSSR count). The second-order valence-corrected chi connectivity index (χ2v) is 13.7. The molecule has 1 atom stereocenters. The summed E-state index contributed by atoms with van der Waals surface area (Å²) >= 11 is 0. The van der Waals surface area contributed by atoms with Gasteiger partial charge in [0.15, 0.2) is 28.6 Å². The molecule has 1 unspecified atom stereocenters. The van der Waals surface area contributed by atoms with Crippen LogP contribution in [0, 0.1) is 17.0 Å². The molecular weight excluding hydrogens is 680 g/mol. The van der Waals surface area contributed by atoms with E-state index in [1.165, 1.54) is 19.1 Å². The predicted octanol–water partition coefficient (Wildman–Crippen LogP) is 5.13. The van der Waals surface area contributed by atoms with Crippen molar-refractivity contribution in [2.45, 2.75) is 65.7 Å². The van der Waals surface area contributed by atoms with Crippen molar-refractivity contribution in [1.29, 1.82) is 0 Å². The smallest absolute Gasteiger partial charge is 0.405 e. The third-order valence-electron chi connectivity index (χ3n) is 7.23. The summed E-state index contributed by atoms with van der Waals surface area (Å²) in [5.74, 6) is -4.41. The summed E-state index contributed by atoms with van der Waals surface area (Å²) in [4.78, 5) is 41.5. The van der Waals surface area contributed by atoms with Crippen LogP contribution in [0.5, 0.6) is 11.5 Å². The second-order valence-electron chi connectivity index (χ2n) is 12.0. The molecule has 0 aliphatic carbocycles. The topological polar surface area (TPSA) is 189 Å². The number of nitrogens with zero attached hydrogens (tertiary/aromatic N) is 1. The van der Waals surface area contributed by atoms with Crippen molar-refractivity contribution in [3.8, 4) is 23.0 Å². The van der Waals surface area contributed by atoms with E-state index in [0.29, 0.717) is 6.07 Å².